The van der Waals surface area contributed by atoms with Crippen LogP contribution in [-0.4, -0.2) is 20.8 Å². The number of rotatable bonds is 2. The minimum absolute atomic E-state index is 0.0355. The lowest BCUT2D eigenvalue weighted by Crippen LogP contribution is -2.29. The van der Waals surface area contributed by atoms with Crippen molar-refractivity contribution in [2.24, 2.45) is 5.41 Å². The summed E-state index contributed by atoms with van der Waals surface area (Å²) in [6.45, 7) is 5.23. The highest BCUT2D eigenvalue weighted by Crippen LogP contribution is 2.32. The lowest BCUT2D eigenvalue weighted by atomic mass is 9.96. The van der Waals surface area contributed by atoms with Gasteiger partial charge in [0.1, 0.15) is 0 Å². The first-order valence-corrected chi connectivity index (χ1v) is 8.49. The topological polar surface area (TPSA) is 118 Å². The summed E-state index contributed by atoms with van der Waals surface area (Å²) in [6, 6.07) is 6.28. The fraction of sp³-hybridized carbons (Fsp3) is 0.235. The van der Waals surface area contributed by atoms with Gasteiger partial charge in [-0.2, -0.15) is 0 Å². The molecule has 1 heterocycles. The number of benzene rings is 2. The SMILES string of the molecule is CC(C)(C)C(=O)Nc1nc2ccc3cc(Br)c([N+](=O)[O-])cc3c2c(=O)[nH]1. The molecule has 2 aromatic carbocycles. The third kappa shape index (κ3) is 3.17. The van der Waals surface area contributed by atoms with Gasteiger partial charge in [-0.25, -0.2) is 4.98 Å². The Bertz CT molecular complexity index is 1130. The molecule has 0 aliphatic heterocycles. The molecule has 9 heteroatoms. The molecule has 3 aromatic rings. The number of nitrogens with one attached hydrogen (secondary N) is 2. The molecule has 0 unspecified atom stereocenters. The molecule has 0 saturated carbocycles. The molecule has 0 fully saturated rings. The molecule has 0 bridgehead atoms. The van der Waals surface area contributed by atoms with Crippen molar-refractivity contribution in [3.05, 3.63) is 49.2 Å². The van der Waals surface area contributed by atoms with E-state index in [9.17, 15) is 19.7 Å². The molecule has 2 N–H and O–H groups in total. The molecule has 3 rings (SSSR count). The van der Waals surface area contributed by atoms with Crippen molar-refractivity contribution >= 4 is 55.1 Å². The van der Waals surface area contributed by atoms with Crippen molar-refractivity contribution in [2.75, 3.05) is 5.32 Å². The highest BCUT2D eigenvalue weighted by molar-refractivity contribution is 9.10. The third-order valence-electron chi connectivity index (χ3n) is 3.87. The van der Waals surface area contributed by atoms with Gasteiger partial charge in [-0.05, 0) is 33.4 Å². The number of carbonyl (C=O) groups is 1. The predicted octanol–water partition coefficient (Wildman–Crippen LogP) is 3.73. The molecule has 0 spiro atoms. The number of H-pyrrole nitrogens is 1. The fourth-order valence-corrected chi connectivity index (χ4v) is 2.97. The van der Waals surface area contributed by atoms with E-state index in [0.29, 0.717) is 20.8 Å². The van der Waals surface area contributed by atoms with Crippen molar-refractivity contribution in [3.8, 4) is 0 Å². The Morgan fingerprint density at radius 1 is 1.31 bits per heavy atom. The molecule has 134 valence electrons. The molecule has 26 heavy (non-hydrogen) atoms. The van der Waals surface area contributed by atoms with Crippen LogP contribution in [0.5, 0.6) is 0 Å². The summed E-state index contributed by atoms with van der Waals surface area (Å²) < 4.78 is 0.327. The number of aromatic nitrogens is 2. The number of nitro benzene ring substituents is 1. The van der Waals surface area contributed by atoms with Gasteiger partial charge in [0.25, 0.3) is 11.2 Å². The molecule has 0 saturated heterocycles. The summed E-state index contributed by atoms with van der Waals surface area (Å²) in [5.41, 5.74) is -0.943. The van der Waals surface area contributed by atoms with Gasteiger partial charge in [-0.15, -0.1) is 0 Å². The van der Waals surface area contributed by atoms with E-state index in [1.807, 2.05) is 0 Å². The van der Waals surface area contributed by atoms with Crippen LogP contribution in [-0.2, 0) is 4.79 Å². The Morgan fingerprint density at radius 3 is 2.62 bits per heavy atom. The lowest BCUT2D eigenvalue weighted by molar-refractivity contribution is -0.385. The normalized spacial score (nSPS) is 11.7. The first-order chi connectivity index (χ1) is 12.1. The van der Waals surface area contributed by atoms with E-state index in [-0.39, 0.29) is 22.9 Å². The number of anilines is 1. The van der Waals surface area contributed by atoms with Crippen molar-refractivity contribution in [3.63, 3.8) is 0 Å². The number of amides is 1. The highest BCUT2D eigenvalue weighted by atomic mass is 79.9. The van der Waals surface area contributed by atoms with E-state index >= 15 is 0 Å². The molecule has 0 aliphatic carbocycles. The van der Waals surface area contributed by atoms with Crippen LogP contribution in [0.4, 0.5) is 11.6 Å². The van der Waals surface area contributed by atoms with Gasteiger partial charge in [0.05, 0.1) is 20.3 Å². The summed E-state index contributed by atoms with van der Waals surface area (Å²) in [4.78, 5) is 42.1. The number of nitro groups is 1. The second kappa shape index (κ2) is 6.17. The zero-order valence-corrected chi connectivity index (χ0v) is 15.8. The van der Waals surface area contributed by atoms with E-state index < -0.39 is 15.9 Å². The Kier molecular flexibility index (Phi) is 4.27. The van der Waals surface area contributed by atoms with Crippen LogP contribution in [0.1, 0.15) is 20.8 Å². The fourth-order valence-electron chi connectivity index (χ4n) is 2.47. The summed E-state index contributed by atoms with van der Waals surface area (Å²) in [7, 11) is 0. The molecule has 0 atom stereocenters. The molecule has 1 aromatic heterocycles. The van der Waals surface area contributed by atoms with E-state index in [2.05, 4.69) is 31.2 Å². The van der Waals surface area contributed by atoms with Crippen LogP contribution in [0.25, 0.3) is 21.7 Å². The van der Waals surface area contributed by atoms with Crippen LogP contribution in [0.2, 0.25) is 0 Å². The van der Waals surface area contributed by atoms with Crippen molar-refractivity contribution < 1.29 is 9.72 Å². The molecule has 0 aliphatic rings. The van der Waals surface area contributed by atoms with Gasteiger partial charge in [-0.1, -0.05) is 26.8 Å². The molecule has 0 radical (unpaired) electrons. The quantitative estimate of drug-likeness (QED) is 0.373. The average Bonchev–Trinajstić information content (AvgIpc) is 2.52. The summed E-state index contributed by atoms with van der Waals surface area (Å²) >= 11 is 3.17. The zero-order valence-electron chi connectivity index (χ0n) is 14.2. The van der Waals surface area contributed by atoms with Crippen molar-refractivity contribution in [2.45, 2.75) is 20.8 Å². The van der Waals surface area contributed by atoms with Gasteiger partial charge in [-0.3, -0.25) is 30.0 Å². The van der Waals surface area contributed by atoms with E-state index in [0.717, 1.165) is 0 Å². The standard InChI is InChI=1S/C17H15BrN4O4/c1-17(2,3)15(24)21-16-19-11-5-4-8-6-10(18)12(22(25)26)7-9(8)13(11)14(23)20-16/h4-7H,1-3H3,(H2,19,20,21,23,24). The van der Waals surface area contributed by atoms with Gasteiger partial charge < -0.3 is 0 Å². The predicted molar refractivity (Wildman–Crippen MR) is 102 cm³/mol. The van der Waals surface area contributed by atoms with Crippen LogP contribution in [0, 0.1) is 15.5 Å². The van der Waals surface area contributed by atoms with Gasteiger partial charge >= 0.3 is 0 Å². The number of hydrogen-bond acceptors (Lipinski definition) is 5. The van der Waals surface area contributed by atoms with Gasteiger partial charge in [0.15, 0.2) is 0 Å². The monoisotopic (exact) mass is 418 g/mol. The molecular formula is C17H15BrN4O4. The molecule has 1 amide bonds. The van der Waals surface area contributed by atoms with Gasteiger partial charge in [0, 0.05) is 16.9 Å². The van der Waals surface area contributed by atoms with Crippen LogP contribution >= 0.6 is 15.9 Å². The van der Waals surface area contributed by atoms with Crippen LogP contribution < -0.4 is 10.9 Å². The lowest BCUT2D eigenvalue weighted by Gasteiger charge is -2.17. The first kappa shape index (κ1) is 18.0. The first-order valence-electron chi connectivity index (χ1n) is 7.70. The number of carbonyl (C=O) groups excluding carboxylic acids is 1. The Morgan fingerprint density at radius 2 is 2.00 bits per heavy atom. The second-order valence-electron chi connectivity index (χ2n) is 6.86. The van der Waals surface area contributed by atoms with E-state index in [1.165, 1.54) is 6.07 Å². The molecule has 8 nitrogen and oxygen atoms in total. The highest BCUT2D eigenvalue weighted by Gasteiger charge is 2.22. The smallest absolute Gasteiger partial charge is 0.284 e. The number of aromatic amines is 1. The number of fused-ring (bicyclic) bond motifs is 3. The number of halogens is 1. The second-order valence-corrected chi connectivity index (χ2v) is 7.71. The van der Waals surface area contributed by atoms with E-state index in [4.69, 9.17) is 0 Å². The maximum Gasteiger partial charge on any atom is 0.284 e. The average molecular weight is 419 g/mol. The van der Waals surface area contributed by atoms with Crippen molar-refractivity contribution in [1.82, 2.24) is 9.97 Å². The maximum atomic E-state index is 12.6. The Labute approximate surface area is 155 Å². The van der Waals surface area contributed by atoms with Crippen LogP contribution in [0.3, 0.4) is 0 Å². The Hall–Kier alpha value is -2.81. The molecular weight excluding hydrogens is 404 g/mol. The summed E-state index contributed by atoms with van der Waals surface area (Å²) in [5, 5.41) is 15.1. The largest absolute Gasteiger partial charge is 0.296 e. The number of hydrogen-bond donors (Lipinski definition) is 2. The minimum atomic E-state index is -0.649. The zero-order chi connectivity index (χ0) is 19.2. The van der Waals surface area contributed by atoms with Crippen LogP contribution in [0.15, 0.2) is 33.5 Å². The Balaban J connectivity index is 2.23. The van der Waals surface area contributed by atoms with E-state index in [1.54, 1.807) is 39.0 Å². The summed E-state index contributed by atoms with van der Waals surface area (Å²) in [6.07, 6.45) is 0. The van der Waals surface area contributed by atoms with Gasteiger partial charge in [0.2, 0.25) is 11.9 Å². The minimum Gasteiger partial charge on any atom is -0.296 e. The third-order valence-corrected chi connectivity index (χ3v) is 4.50. The maximum absolute atomic E-state index is 12.6. The van der Waals surface area contributed by atoms with Crippen molar-refractivity contribution in [1.29, 1.82) is 0 Å². The summed E-state index contributed by atoms with van der Waals surface area (Å²) in [5.74, 6) is -0.256. The number of nitrogens with zero attached hydrogens (tertiary/aromatic N) is 2.